The molecule has 1 unspecified atom stereocenters. The molecule has 0 saturated carbocycles. The Morgan fingerprint density at radius 1 is 0.962 bits per heavy atom. The number of anilines is 1. The van der Waals surface area contributed by atoms with Gasteiger partial charge in [0, 0.05) is 48.5 Å². The van der Waals surface area contributed by atoms with Crippen molar-refractivity contribution in [3.63, 3.8) is 0 Å². The van der Waals surface area contributed by atoms with Gasteiger partial charge in [-0.05, 0) is 37.6 Å². The van der Waals surface area contributed by atoms with Gasteiger partial charge in [0.1, 0.15) is 0 Å². The topological polar surface area (TPSA) is 39.3 Å². The van der Waals surface area contributed by atoms with Gasteiger partial charge in [-0.15, -0.1) is 0 Å². The smallest absolute Gasteiger partial charge is 0.230 e. The molecular weight excluding hydrogens is 322 g/mol. The molecule has 1 amide bonds. The lowest BCUT2D eigenvalue weighted by molar-refractivity contribution is -0.132. The van der Waals surface area contributed by atoms with Crippen LogP contribution in [0.1, 0.15) is 24.1 Å². The highest BCUT2D eigenvalue weighted by atomic mass is 16.2. The molecule has 26 heavy (non-hydrogen) atoms. The summed E-state index contributed by atoms with van der Waals surface area (Å²) in [6.45, 7) is 7.42. The molecule has 3 aromatic rings. The second kappa shape index (κ2) is 6.87. The Balaban J connectivity index is 1.49. The summed E-state index contributed by atoms with van der Waals surface area (Å²) in [4.78, 5) is 20.9. The maximum absolute atomic E-state index is 13.1. The minimum Gasteiger partial charge on any atom is -0.368 e. The summed E-state index contributed by atoms with van der Waals surface area (Å²) in [5.74, 6) is 0.0972. The average molecular weight is 347 g/mol. The lowest BCUT2D eigenvalue weighted by Gasteiger charge is -2.37. The third-order valence-corrected chi connectivity index (χ3v) is 5.46. The van der Waals surface area contributed by atoms with E-state index in [4.69, 9.17) is 0 Å². The predicted molar refractivity (Wildman–Crippen MR) is 107 cm³/mol. The van der Waals surface area contributed by atoms with E-state index >= 15 is 0 Å². The molecule has 1 atom stereocenters. The molecule has 0 radical (unpaired) electrons. The number of hydrogen-bond donors (Lipinski definition) is 1. The maximum atomic E-state index is 13.1. The molecule has 1 aromatic heterocycles. The van der Waals surface area contributed by atoms with E-state index < -0.39 is 0 Å². The first-order valence-electron chi connectivity index (χ1n) is 9.31. The monoisotopic (exact) mass is 347 g/mol. The van der Waals surface area contributed by atoms with E-state index in [-0.39, 0.29) is 11.8 Å². The summed E-state index contributed by atoms with van der Waals surface area (Å²) in [5.41, 5.74) is 4.57. The Morgan fingerprint density at radius 3 is 2.35 bits per heavy atom. The molecule has 1 fully saturated rings. The number of carbonyl (C=O) groups is 1. The first-order chi connectivity index (χ1) is 12.6. The normalized spacial score (nSPS) is 16.1. The van der Waals surface area contributed by atoms with Crippen molar-refractivity contribution in [1.82, 2.24) is 9.88 Å². The van der Waals surface area contributed by atoms with Crippen molar-refractivity contribution in [2.24, 2.45) is 0 Å². The largest absolute Gasteiger partial charge is 0.368 e. The minimum atomic E-state index is -0.130. The Labute approximate surface area is 154 Å². The van der Waals surface area contributed by atoms with E-state index in [0.717, 1.165) is 48.3 Å². The van der Waals surface area contributed by atoms with Gasteiger partial charge in [-0.1, -0.05) is 36.4 Å². The number of benzene rings is 2. The third kappa shape index (κ3) is 2.96. The van der Waals surface area contributed by atoms with Crippen LogP contribution in [0, 0.1) is 6.92 Å². The van der Waals surface area contributed by atoms with Crippen molar-refractivity contribution >= 4 is 22.5 Å². The first-order valence-corrected chi connectivity index (χ1v) is 9.31. The Bertz CT molecular complexity index is 908. The van der Waals surface area contributed by atoms with Crippen molar-refractivity contribution in [2.45, 2.75) is 19.8 Å². The highest BCUT2D eigenvalue weighted by Crippen LogP contribution is 2.30. The van der Waals surface area contributed by atoms with Crippen molar-refractivity contribution in [2.75, 3.05) is 31.1 Å². The second-order valence-electron chi connectivity index (χ2n) is 7.08. The molecule has 0 spiro atoms. The number of nitrogens with one attached hydrogen (secondary N) is 1. The number of nitrogens with zero attached hydrogens (tertiary/aromatic N) is 2. The van der Waals surface area contributed by atoms with Crippen LogP contribution < -0.4 is 4.90 Å². The average Bonchev–Trinajstić information content (AvgIpc) is 3.03. The third-order valence-electron chi connectivity index (χ3n) is 5.46. The van der Waals surface area contributed by atoms with Gasteiger partial charge in [0.15, 0.2) is 0 Å². The summed E-state index contributed by atoms with van der Waals surface area (Å²) < 4.78 is 0. The van der Waals surface area contributed by atoms with E-state index in [1.54, 1.807) is 0 Å². The molecule has 4 nitrogen and oxygen atoms in total. The van der Waals surface area contributed by atoms with Crippen LogP contribution in [0.25, 0.3) is 10.9 Å². The van der Waals surface area contributed by atoms with Gasteiger partial charge in [-0.2, -0.15) is 0 Å². The number of amides is 1. The zero-order valence-electron chi connectivity index (χ0n) is 15.4. The molecule has 2 aromatic carbocycles. The molecule has 134 valence electrons. The zero-order chi connectivity index (χ0) is 18.1. The molecular formula is C22H25N3O. The molecule has 1 aliphatic rings. The highest BCUT2D eigenvalue weighted by molar-refractivity contribution is 5.93. The summed E-state index contributed by atoms with van der Waals surface area (Å²) in [6.07, 6.45) is 0. The number of aromatic nitrogens is 1. The van der Waals surface area contributed by atoms with Gasteiger partial charge in [0.25, 0.3) is 0 Å². The lowest BCUT2D eigenvalue weighted by Crippen LogP contribution is -2.49. The molecule has 0 aliphatic carbocycles. The van der Waals surface area contributed by atoms with Crippen LogP contribution in [0.5, 0.6) is 0 Å². The number of para-hydroxylation sites is 2. The lowest BCUT2D eigenvalue weighted by atomic mass is 9.96. The number of H-pyrrole nitrogens is 1. The number of piperazine rings is 1. The summed E-state index contributed by atoms with van der Waals surface area (Å²) >= 11 is 0. The van der Waals surface area contributed by atoms with Crippen LogP contribution in [0.3, 0.4) is 0 Å². The Hall–Kier alpha value is -2.75. The summed E-state index contributed by atoms with van der Waals surface area (Å²) in [7, 11) is 0. The van der Waals surface area contributed by atoms with E-state index in [1.807, 2.05) is 30.0 Å². The van der Waals surface area contributed by atoms with Crippen molar-refractivity contribution < 1.29 is 4.79 Å². The molecule has 4 rings (SSSR count). The number of fused-ring (bicyclic) bond motifs is 1. The summed E-state index contributed by atoms with van der Waals surface area (Å²) in [5, 5.41) is 1.16. The Kier molecular flexibility index (Phi) is 4.41. The van der Waals surface area contributed by atoms with Crippen molar-refractivity contribution in [3.8, 4) is 0 Å². The number of rotatable bonds is 3. The van der Waals surface area contributed by atoms with Gasteiger partial charge >= 0.3 is 0 Å². The molecule has 4 heteroatoms. The fraction of sp³-hybridized carbons (Fsp3) is 0.318. The maximum Gasteiger partial charge on any atom is 0.230 e. The first kappa shape index (κ1) is 16.7. The van der Waals surface area contributed by atoms with Crippen LogP contribution >= 0.6 is 0 Å². The fourth-order valence-electron chi connectivity index (χ4n) is 4.08. The fourth-order valence-corrected chi connectivity index (χ4v) is 4.08. The number of aryl methyl sites for hydroxylation is 1. The molecule has 1 N–H and O–H groups in total. The van der Waals surface area contributed by atoms with Crippen LogP contribution in [0.15, 0.2) is 54.6 Å². The van der Waals surface area contributed by atoms with E-state index in [0.29, 0.717) is 0 Å². The Morgan fingerprint density at radius 2 is 1.62 bits per heavy atom. The van der Waals surface area contributed by atoms with E-state index in [2.05, 4.69) is 53.2 Å². The molecule has 1 saturated heterocycles. The quantitative estimate of drug-likeness (QED) is 0.780. The van der Waals surface area contributed by atoms with Crippen molar-refractivity contribution in [1.29, 1.82) is 0 Å². The molecule has 0 bridgehead atoms. The number of aromatic amines is 1. The standard InChI is InChI=1S/C22H25N3O/c1-16(21-17(2)23-20-11-7-6-10-19(20)21)22(26)25-14-12-24(13-15-25)18-8-4-3-5-9-18/h3-11,16,23H,12-15H2,1-2H3. The SMILES string of the molecule is Cc1[nH]c2ccccc2c1C(C)C(=O)N1CCN(c2ccccc2)CC1. The summed E-state index contributed by atoms with van der Waals surface area (Å²) in [6, 6.07) is 18.7. The van der Waals surface area contributed by atoms with Gasteiger partial charge in [0.05, 0.1) is 5.92 Å². The zero-order valence-corrected chi connectivity index (χ0v) is 15.4. The van der Waals surface area contributed by atoms with Crippen LogP contribution in [0.4, 0.5) is 5.69 Å². The van der Waals surface area contributed by atoms with Gasteiger partial charge in [0.2, 0.25) is 5.91 Å². The van der Waals surface area contributed by atoms with E-state index in [1.165, 1.54) is 5.69 Å². The van der Waals surface area contributed by atoms with Crippen LogP contribution in [0.2, 0.25) is 0 Å². The van der Waals surface area contributed by atoms with Crippen molar-refractivity contribution in [3.05, 3.63) is 65.9 Å². The van der Waals surface area contributed by atoms with Gasteiger partial charge < -0.3 is 14.8 Å². The van der Waals surface area contributed by atoms with Crippen LogP contribution in [-0.4, -0.2) is 42.0 Å². The number of carbonyl (C=O) groups excluding carboxylic acids is 1. The van der Waals surface area contributed by atoms with Gasteiger partial charge in [-0.25, -0.2) is 0 Å². The molecule has 1 aliphatic heterocycles. The van der Waals surface area contributed by atoms with Crippen LogP contribution in [-0.2, 0) is 4.79 Å². The molecule has 2 heterocycles. The second-order valence-corrected chi connectivity index (χ2v) is 7.08. The number of hydrogen-bond acceptors (Lipinski definition) is 2. The van der Waals surface area contributed by atoms with E-state index in [9.17, 15) is 4.79 Å². The predicted octanol–water partition coefficient (Wildman–Crippen LogP) is 3.93. The van der Waals surface area contributed by atoms with Gasteiger partial charge in [-0.3, -0.25) is 4.79 Å². The minimum absolute atomic E-state index is 0.130. The highest BCUT2D eigenvalue weighted by Gasteiger charge is 2.28.